The van der Waals surface area contributed by atoms with Crippen LogP contribution in [-0.2, 0) is 11.3 Å². The number of carbonyl (C=O) groups is 3. The summed E-state index contributed by atoms with van der Waals surface area (Å²) in [6, 6.07) is 17.5. The van der Waals surface area contributed by atoms with Crippen LogP contribution in [0.15, 0.2) is 54.6 Å². The van der Waals surface area contributed by atoms with Gasteiger partial charge < -0.3 is 25.3 Å². The second-order valence-electron chi connectivity index (χ2n) is 11.1. The van der Waals surface area contributed by atoms with Crippen molar-refractivity contribution in [3.63, 3.8) is 0 Å². The van der Waals surface area contributed by atoms with Crippen LogP contribution in [0.1, 0.15) is 68.9 Å². The van der Waals surface area contributed by atoms with Crippen molar-refractivity contribution in [2.75, 3.05) is 31.5 Å². The number of nitrogens with one attached hydrogen (secondary N) is 2. The third kappa shape index (κ3) is 6.72. The molecule has 208 valence electrons. The Bertz CT molecular complexity index is 1140. The highest BCUT2D eigenvalue weighted by molar-refractivity contribution is 5.92. The van der Waals surface area contributed by atoms with Crippen molar-refractivity contribution >= 4 is 23.7 Å². The predicted octanol–water partition coefficient (Wildman–Crippen LogP) is 5.17. The number of piperidine rings is 1. The molecule has 3 fully saturated rings. The van der Waals surface area contributed by atoms with Gasteiger partial charge in [0.05, 0.1) is 0 Å². The van der Waals surface area contributed by atoms with Crippen molar-refractivity contribution < 1.29 is 14.4 Å². The maximum atomic E-state index is 13.2. The molecule has 0 unspecified atom stereocenters. The van der Waals surface area contributed by atoms with Crippen molar-refractivity contribution in [1.29, 1.82) is 0 Å². The van der Waals surface area contributed by atoms with Gasteiger partial charge in [0.2, 0.25) is 5.91 Å². The number of carbonyl (C=O) groups excluding carboxylic acids is 3. The van der Waals surface area contributed by atoms with Gasteiger partial charge in [0.25, 0.3) is 0 Å². The summed E-state index contributed by atoms with van der Waals surface area (Å²) in [6.45, 7) is 5.01. The van der Waals surface area contributed by atoms with Gasteiger partial charge in [-0.1, -0.05) is 67.8 Å². The maximum absolute atomic E-state index is 13.2. The first-order chi connectivity index (χ1) is 19.0. The van der Waals surface area contributed by atoms with E-state index in [1.165, 1.54) is 24.8 Å². The fraction of sp³-hybridized carbons (Fsp3) is 0.516. The molecule has 3 aliphatic heterocycles. The van der Waals surface area contributed by atoms with Crippen LogP contribution in [0, 0.1) is 0 Å². The summed E-state index contributed by atoms with van der Waals surface area (Å²) in [5.41, 5.74) is 3.22. The molecule has 2 aromatic carbocycles. The van der Waals surface area contributed by atoms with E-state index in [0.29, 0.717) is 39.1 Å². The van der Waals surface area contributed by atoms with Crippen LogP contribution >= 0.6 is 0 Å². The fourth-order valence-corrected chi connectivity index (χ4v) is 5.71. The summed E-state index contributed by atoms with van der Waals surface area (Å²) >= 11 is 0. The van der Waals surface area contributed by atoms with Gasteiger partial charge in [-0.05, 0) is 49.8 Å². The Morgan fingerprint density at radius 2 is 1.62 bits per heavy atom. The second-order valence-corrected chi connectivity index (χ2v) is 11.1. The molecule has 2 N–H and O–H groups in total. The van der Waals surface area contributed by atoms with E-state index in [9.17, 15) is 14.4 Å². The van der Waals surface area contributed by atoms with E-state index in [4.69, 9.17) is 0 Å². The normalized spacial score (nSPS) is 23.2. The highest BCUT2D eigenvalue weighted by Crippen LogP contribution is 2.29. The number of rotatable bonds is 4. The Morgan fingerprint density at radius 1 is 0.923 bits per heavy atom. The van der Waals surface area contributed by atoms with Crippen LogP contribution in [0.2, 0.25) is 0 Å². The van der Waals surface area contributed by atoms with Crippen molar-refractivity contribution in [1.82, 2.24) is 20.0 Å². The molecule has 5 amide bonds. The molecule has 4 aliphatic rings. The quantitative estimate of drug-likeness (QED) is 0.571. The molecule has 6 rings (SSSR count). The molecule has 8 heteroatoms. The van der Waals surface area contributed by atoms with Gasteiger partial charge in [0, 0.05) is 50.4 Å². The minimum Gasteiger partial charge on any atom is -0.341 e. The van der Waals surface area contributed by atoms with Crippen LogP contribution in [0.5, 0.6) is 0 Å². The van der Waals surface area contributed by atoms with Crippen LogP contribution in [-0.4, -0.2) is 70.9 Å². The molecule has 0 bridgehead atoms. The number of benzene rings is 2. The lowest BCUT2D eigenvalue weighted by molar-refractivity contribution is -0.132. The lowest BCUT2D eigenvalue weighted by Crippen LogP contribution is -2.55. The summed E-state index contributed by atoms with van der Waals surface area (Å²) in [5, 5.41) is 6.02. The van der Waals surface area contributed by atoms with Gasteiger partial charge >= 0.3 is 12.1 Å². The minimum absolute atomic E-state index is 0.00261. The van der Waals surface area contributed by atoms with E-state index < -0.39 is 6.04 Å². The van der Waals surface area contributed by atoms with Crippen LogP contribution in [0.25, 0.3) is 0 Å². The van der Waals surface area contributed by atoms with E-state index in [2.05, 4.69) is 22.8 Å². The number of fused-ring (bicyclic) bond motifs is 1. The summed E-state index contributed by atoms with van der Waals surface area (Å²) in [4.78, 5) is 44.6. The van der Waals surface area contributed by atoms with Gasteiger partial charge in [-0.15, -0.1) is 0 Å². The number of hydrogen-bond donors (Lipinski definition) is 2. The summed E-state index contributed by atoms with van der Waals surface area (Å²) in [7, 11) is 0. The third-order valence-corrected chi connectivity index (χ3v) is 8.21. The molecule has 39 heavy (non-hydrogen) atoms. The zero-order valence-electron chi connectivity index (χ0n) is 23.0. The average molecular weight is 532 g/mol. The molecule has 0 spiro atoms. The van der Waals surface area contributed by atoms with Gasteiger partial charge in [-0.3, -0.25) is 4.79 Å². The van der Waals surface area contributed by atoms with E-state index in [1.807, 2.05) is 59.2 Å². The monoisotopic (exact) mass is 531 g/mol. The smallest absolute Gasteiger partial charge is 0.322 e. The predicted molar refractivity (Wildman–Crippen MR) is 152 cm³/mol. The molecule has 2 atom stereocenters. The molecular weight excluding hydrogens is 490 g/mol. The Balaban J connectivity index is 0.000000962. The maximum Gasteiger partial charge on any atom is 0.322 e. The van der Waals surface area contributed by atoms with Crippen molar-refractivity contribution in [2.24, 2.45) is 0 Å². The second kappa shape index (κ2) is 12.5. The largest absolute Gasteiger partial charge is 0.341 e. The first-order valence-corrected chi connectivity index (χ1v) is 14.6. The van der Waals surface area contributed by atoms with Crippen LogP contribution in [0.3, 0.4) is 0 Å². The molecule has 1 aliphatic carbocycles. The molecule has 1 saturated carbocycles. The lowest BCUT2D eigenvalue weighted by atomic mass is 9.94. The number of likely N-dealkylation sites (N-methyl/N-ethyl adjacent to an activating group) is 1. The third-order valence-electron chi connectivity index (χ3n) is 8.21. The van der Waals surface area contributed by atoms with Crippen LogP contribution < -0.4 is 10.6 Å². The number of amides is 5. The van der Waals surface area contributed by atoms with E-state index in [0.717, 1.165) is 30.5 Å². The average Bonchev–Trinajstić information content (AvgIpc) is 3.87. The number of nitrogens with zero attached hydrogens (tertiary/aromatic N) is 3. The summed E-state index contributed by atoms with van der Waals surface area (Å²) in [6.07, 6.45) is 7.42. The van der Waals surface area contributed by atoms with Crippen molar-refractivity contribution in [3.05, 3.63) is 65.7 Å². The highest BCUT2D eigenvalue weighted by Gasteiger charge is 2.35. The Morgan fingerprint density at radius 3 is 2.31 bits per heavy atom. The summed E-state index contributed by atoms with van der Waals surface area (Å²) < 4.78 is 0. The number of likely N-dealkylation sites (tertiary alicyclic amines) is 2. The van der Waals surface area contributed by atoms with Gasteiger partial charge in [-0.2, -0.15) is 0 Å². The minimum atomic E-state index is -0.506. The highest BCUT2D eigenvalue weighted by atomic mass is 16.2. The van der Waals surface area contributed by atoms with Gasteiger partial charge in [-0.25, -0.2) is 9.59 Å². The molecular formula is C31H41N5O3. The number of urea groups is 2. The topological polar surface area (TPSA) is 85.0 Å². The zero-order chi connectivity index (χ0) is 27.2. The molecule has 0 radical (unpaired) electrons. The Labute approximate surface area is 231 Å². The molecule has 8 nitrogen and oxygen atoms in total. The van der Waals surface area contributed by atoms with Gasteiger partial charge in [0.1, 0.15) is 6.04 Å². The zero-order valence-corrected chi connectivity index (χ0v) is 23.0. The Hall–Kier alpha value is -3.55. The number of para-hydroxylation sites is 1. The van der Waals surface area contributed by atoms with Crippen molar-refractivity contribution in [3.8, 4) is 0 Å². The van der Waals surface area contributed by atoms with Gasteiger partial charge in [0.15, 0.2) is 0 Å². The molecule has 2 saturated heterocycles. The molecule has 3 heterocycles. The SMILES string of the molecule is C1CC1.CCN1C[C@@H](c2ccccc2)CC[C@H](NC(=O)N2CCC(N3Cc4ccccc4NC3=O)CC2)C1=O. The molecule has 0 aromatic heterocycles. The number of anilines is 1. The number of hydrogen-bond acceptors (Lipinski definition) is 3. The van der Waals surface area contributed by atoms with Crippen LogP contribution in [0.4, 0.5) is 15.3 Å². The van der Waals surface area contributed by atoms with E-state index >= 15 is 0 Å². The van der Waals surface area contributed by atoms with Crippen molar-refractivity contribution in [2.45, 2.75) is 76.4 Å². The first kappa shape index (κ1) is 27.0. The Kier molecular flexibility index (Phi) is 8.69. The fourth-order valence-electron chi connectivity index (χ4n) is 5.71. The van der Waals surface area contributed by atoms with E-state index in [1.54, 1.807) is 4.90 Å². The standard InChI is InChI=1S/C28H35N5O3.C3H6/c1-2-31-18-21(20-8-4-3-5-9-20)12-13-25(26(31)34)30-27(35)32-16-14-23(15-17-32)33-19-22-10-6-7-11-24(22)29-28(33)36;1-2-3-1/h3-11,21,23,25H,2,12-19H2,1H3,(H,29,36)(H,30,35);1-3H2/t21-,25-;/m0./s1. The summed E-state index contributed by atoms with van der Waals surface area (Å²) in [5.74, 6) is 0.274. The lowest BCUT2D eigenvalue weighted by Gasteiger charge is -2.40. The first-order valence-electron chi connectivity index (χ1n) is 14.6. The molecule has 2 aromatic rings. The van der Waals surface area contributed by atoms with E-state index in [-0.39, 0.29) is 29.9 Å².